The molecule has 1 fully saturated rings. The van der Waals surface area contributed by atoms with Crippen LogP contribution in [-0.4, -0.2) is 30.5 Å². The SMILES string of the molecule is CCOc1ccc(/C(O)=C2\C(=O)C(=O)N(c3ccc(C)cc3)C2c2ccc(OC)cc2)cc1. The number of hydrogen-bond donors (Lipinski definition) is 1. The highest BCUT2D eigenvalue weighted by Crippen LogP contribution is 2.42. The lowest BCUT2D eigenvalue weighted by atomic mass is 9.95. The molecule has 33 heavy (non-hydrogen) atoms. The first-order valence-corrected chi connectivity index (χ1v) is 10.7. The maximum absolute atomic E-state index is 13.2. The Balaban J connectivity index is 1.87. The minimum atomic E-state index is -0.787. The first-order valence-electron chi connectivity index (χ1n) is 10.7. The molecule has 1 amide bonds. The average molecular weight is 443 g/mol. The van der Waals surface area contributed by atoms with Crippen LogP contribution in [0.1, 0.15) is 29.7 Å². The van der Waals surface area contributed by atoms with Crippen molar-refractivity contribution in [3.8, 4) is 11.5 Å². The first kappa shape index (κ1) is 22.1. The lowest BCUT2D eigenvalue weighted by Crippen LogP contribution is -2.29. The van der Waals surface area contributed by atoms with Gasteiger partial charge in [-0.1, -0.05) is 29.8 Å². The minimum absolute atomic E-state index is 0.0369. The van der Waals surface area contributed by atoms with E-state index >= 15 is 0 Å². The Bertz CT molecular complexity index is 1190. The third-order valence-electron chi connectivity index (χ3n) is 5.63. The van der Waals surface area contributed by atoms with Crippen molar-refractivity contribution >= 4 is 23.1 Å². The van der Waals surface area contributed by atoms with Crippen LogP contribution in [-0.2, 0) is 9.59 Å². The van der Waals surface area contributed by atoms with Gasteiger partial charge in [-0.3, -0.25) is 14.5 Å². The highest BCUT2D eigenvalue weighted by Gasteiger charge is 2.46. The van der Waals surface area contributed by atoms with E-state index in [0.29, 0.717) is 34.9 Å². The summed E-state index contributed by atoms with van der Waals surface area (Å²) >= 11 is 0. The maximum atomic E-state index is 13.2. The summed E-state index contributed by atoms with van der Waals surface area (Å²) in [4.78, 5) is 27.8. The van der Waals surface area contributed by atoms with Crippen molar-refractivity contribution in [3.05, 3.63) is 95.1 Å². The monoisotopic (exact) mass is 443 g/mol. The Labute approximate surface area is 192 Å². The van der Waals surface area contributed by atoms with Gasteiger partial charge in [0.1, 0.15) is 17.3 Å². The summed E-state index contributed by atoms with van der Waals surface area (Å²) in [6.07, 6.45) is 0. The molecule has 1 heterocycles. The fraction of sp³-hybridized carbons (Fsp3) is 0.185. The van der Waals surface area contributed by atoms with Crippen LogP contribution in [0.25, 0.3) is 5.76 Å². The van der Waals surface area contributed by atoms with Crippen molar-refractivity contribution in [2.45, 2.75) is 19.9 Å². The average Bonchev–Trinajstić information content (AvgIpc) is 3.10. The molecular formula is C27H25NO5. The number of benzene rings is 3. The minimum Gasteiger partial charge on any atom is -0.507 e. The molecule has 1 saturated heterocycles. The zero-order valence-corrected chi connectivity index (χ0v) is 18.7. The molecule has 168 valence electrons. The van der Waals surface area contributed by atoms with E-state index in [0.717, 1.165) is 5.56 Å². The van der Waals surface area contributed by atoms with E-state index in [9.17, 15) is 14.7 Å². The van der Waals surface area contributed by atoms with Crippen molar-refractivity contribution in [1.82, 2.24) is 0 Å². The molecule has 0 spiro atoms. The van der Waals surface area contributed by atoms with Crippen LogP contribution >= 0.6 is 0 Å². The van der Waals surface area contributed by atoms with Crippen molar-refractivity contribution in [2.24, 2.45) is 0 Å². The number of rotatable bonds is 6. The molecule has 3 aromatic carbocycles. The number of methoxy groups -OCH3 is 1. The zero-order chi connectivity index (χ0) is 23.5. The van der Waals surface area contributed by atoms with Crippen LogP contribution in [0, 0.1) is 6.92 Å². The van der Waals surface area contributed by atoms with E-state index in [1.165, 1.54) is 4.90 Å². The fourth-order valence-electron chi connectivity index (χ4n) is 3.94. The second-order valence-corrected chi connectivity index (χ2v) is 7.74. The lowest BCUT2D eigenvalue weighted by Gasteiger charge is -2.25. The van der Waals surface area contributed by atoms with E-state index in [1.54, 1.807) is 67.8 Å². The highest BCUT2D eigenvalue weighted by molar-refractivity contribution is 6.51. The van der Waals surface area contributed by atoms with E-state index in [-0.39, 0.29) is 11.3 Å². The third-order valence-corrected chi connectivity index (χ3v) is 5.63. The van der Waals surface area contributed by atoms with Gasteiger partial charge in [0.05, 0.1) is 25.3 Å². The molecule has 1 aliphatic heterocycles. The molecule has 0 aliphatic carbocycles. The Morgan fingerprint density at radius 1 is 0.909 bits per heavy atom. The van der Waals surface area contributed by atoms with Crippen LogP contribution in [0.3, 0.4) is 0 Å². The number of Topliss-reactive ketones (excluding diaryl/α,β-unsaturated/α-hetero) is 1. The number of hydrogen-bond acceptors (Lipinski definition) is 5. The third kappa shape index (κ3) is 4.20. The molecule has 0 saturated carbocycles. The molecule has 0 bridgehead atoms. The van der Waals surface area contributed by atoms with Crippen molar-refractivity contribution < 1.29 is 24.2 Å². The van der Waals surface area contributed by atoms with Crippen molar-refractivity contribution in [1.29, 1.82) is 0 Å². The maximum Gasteiger partial charge on any atom is 0.300 e. The van der Waals surface area contributed by atoms with Gasteiger partial charge in [0.2, 0.25) is 0 Å². The number of nitrogens with zero attached hydrogens (tertiary/aromatic N) is 1. The normalized spacial score (nSPS) is 17.3. The van der Waals surface area contributed by atoms with Crippen LogP contribution in [0.5, 0.6) is 11.5 Å². The smallest absolute Gasteiger partial charge is 0.300 e. The Kier molecular flexibility index (Phi) is 6.18. The van der Waals surface area contributed by atoms with Crippen LogP contribution < -0.4 is 14.4 Å². The van der Waals surface area contributed by atoms with Crippen molar-refractivity contribution in [2.75, 3.05) is 18.6 Å². The summed E-state index contributed by atoms with van der Waals surface area (Å²) in [5.74, 6) is -0.347. The number of anilines is 1. The van der Waals surface area contributed by atoms with Gasteiger partial charge in [-0.25, -0.2) is 0 Å². The molecule has 0 aromatic heterocycles. The predicted octanol–water partition coefficient (Wildman–Crippen LogP) is 5.03. The number of aryl methyl sites for hydroxylation is 1. The van der Waals surface area contributed by atoms with Gasteiger partial charge in [-0.2, -0.15) is 0 Å². The molecule has 4 rings (SSSR count). The number of ether oxygens (including phenoxy) is 2. The molecular weight excluding hydrogens is 418 g/mol. The van der Waals surface area contributed by atoms with E-state index in [1.807, 2.05) is 26.0 Å². The molecule has 3 aromatic rings. The quantitative estimate of drug-likeness (QED) is 0.329. The van der Waals surface area contributed by atoms with Gasteiger partial charge >= 0.3 is 0 Å². The molecule has 6 nitrogen and oxygen atoms in total. The van der Waals surface area contributed by atoms with Gasteiger partial charge in [0, 0.05) is 11.3 Å². The van der Waals surface area contributed by atoms with E-state index in [2.05, 4.69) is 0 Å². The van der Waals surface area contributed by atoms with Crippen LogP contribution in [0.4, 0.5) is 5.69 Å². The van der Waals surface area contributed by atoms with E-state index in [4.69, 9.17) is 9.47 Å². The molecule has 0 radical (unpaired) electrons. The lowest BCUT2D eigenvalue weighted by molar-refractivity contribution is -0.132. The molecule has 1 aliphatic rings. The van der Waals surface area contributed by atoms with Gasteiger partial charge in [-0.05, 0) is 67.9 Å². The standard InChI is InChI=1S/C27H25NO5/c1-4-33-22-15-9-19(10-16-22)25(29)23-24(18-7-13-21(32-3)14-8-18)28(27(31)26(23)30)20-11-5-17(2)6-12-20/h5-16,24,29H,4H2,1-3H3/b25-23+. The predicted molar refractivity (Wildman–Crippen MR) is 127 cm³/mol. The largest absolute Gasteiger partial charge is 0.507 e. The van der Waals surface area contributed by atoms with E-state index < -0.39 is 17.7 Å². The summed E-state index contributed by atoms with van der Waals surface area (Å²) in [5, 5.41) is 11.2. The topological polar surface area (TPSA) is 76.1 Å². The summed E-state index contributed by atoms with van der Waals surface area (Å²) in [6, 6.07) is 20.5. The summed E-state index contributed by atoms with van der Waals surface area (Å²) in [7, 11) is 1.57. The Hall–Kier alpha value is -4.06. The number of ketones is 1. The zero-order valence-electron chi connectivity index (χ0n) is 18.7. The molecule has 1 N–H and O–H groups in total. The number of carbonyl (C=O) groups is 2. The van der Waals surface area contributed by atoms with Gasteiger partial charge in [0.15, 0.2) is 0 Å². The second-order valence-electron chi connectivity index (χ2n) is 7.74. The van der Waals surface area contributed by atoms with Crippen LogP contribution in [0.2, 0.25) is 0 Å². The van der Waals surface area contributed by atoms with Gasteiger partial charge < -0.3 is 14.6 Å². The second kappa shape index (κ2) is 9.20. The summed E-state index contributed by atoms with van der Waals surface area (Å²) in [5.41, 5.74) is 2.76. The highest BCUT2D eigenvalue weighted by atomic mass is 16.5. The number of carbonyl (C=O) groups excluding carboxylic acids is 2. The molecule has 6 heteroatoms. The molecule has 1 atom stereocenters. The Morgan fingerprint density at radius 2 is 1.52 bits per heavy atom. The number of aliphatic hydroxyl groups is 1. The number of aliphatic hydroxyl groups excluding tert-OH is 1. The first-order chi connectivity index (χ1) is 15.9. The molecule has 1 unspecified atom stereocenters. The van der Waals surface area contributed by atoms with Crippen LogP contribution in [0.15, 0.2) is 78.4 Å². The Morgan fingerprint density at radius 3 is 2.09 bits per heavy atom. The summed E-state index contributed by atoms with van der Waals surface area (Å²) < 4.78 is 10.7. The van der Waals surface area contributed by atoms with Crippen molar-refractivity contribution in [3.63, 3.8) is 0 Å². The van der Waals surface area contributed by atoms with Gasteiger partial charge in [-0.15, -0.1) is 0 Å². The summed E-state index contributed by atoms with van der Waals surface area (Å²) in [6.45, 7) is 4.35. The fourth-order valence-corrected chi connectivity index (χ4v) is 3.94. The van der Waals surface area contributed by atoms with Gasteiger partial charge in [0.25, 0.3) is 11.7 Å². The number of amides is 1.